The van der Waals surface area contributed by atoms with Gasteiger partial charge in [0.05, 0.1) is 36.3 Å². The van der Waals surface area contributed by atoms with E-state index in [1.165, 1.54) is 23.4 Å². The third-order valence-corrected chi connectivity index (χ3v) is 5.39. The maximum absolute atomic E-state index is 13.2. The summed E-state index contributed by atoms with van der Waals surface area (Å²) in [5, 5.41) is 6.62. The van der Waals surface area contributed by atoms with E-state index in [0.717, 1.165) is 43.6 Å². The van der Waals surface area contributed by atoms with Gasteiger partial charge in [0.25, 0.3) is 0 Å². The van der Waals surface area contributed by atoms with E-state index in [0.29, 0.717) is 12.2 Å². The van der Waals surface area contributed by atoms with Crippen LogP contribution in [0.1, 0.15) is 37.0 Å². The zero-order valence-corrected chi connectivity index (χ0v) is 16.7. The summed E-state index contributed by atoms with van der Waals surface area (Å²) in [4.78, 5) is 18.7. The van der Waals surface area contributed by atoms with E-state index in [9.17, 15) is 18.0 Å². The molecule has 0 bridgehead atoms. The van der Waals surface area contributed by atoms with Gasteiger partial charge in [0.15, 0.2) is 0 Å². The number of nitrogens with zero attached hydrogens (tertiary/aromatic N) is 4. The highest BCUT2D eigenvalue weighted by atomic mass is 19.4. The quantitative estimate of drug-likeness (QED) is 0.603. The van der Waals surface area contributed by atoms with E-state index in [1.807, 2.05) is 11.0 Å². The molecule has 4 rings (SSSR count). The minimum Gasteiger partial charge on any atom is -0.468 e. The van der Waals surface area contributed by atoms with Gasteiger partial charge in [-0.2, -0.15) is 18.3 Å². The lowest BCUT2D eigenvalue weighted by molar-refractivity contribution is -0.137. The molecule has 0 saturated heterocycles. The molecule has 2 aromatic heterocycles. The van der Waals surface area contributed by atoms with Gasteiger partial charge >= 0.3 is 6.18 Å². The Morgan fingerprint density at radius 2 is 2.06 bits per heavy atom. The number of amides is 1. The van der Waals surface area contributed by atoms with Crippen LogP contribution in [0.4, 0.5) is 18.9 Å². The van der Waals surface area contributed by atoms with Crippen LogP contribution < -0.4 is 5.32 Å². The van der Waals surface area contributed by atoms with Crippen molar-refractivity contribution in [2.24, 2.45) is 0 Å². The monoisotopic (exact) mass is 433 g/mol. The van der Waals surface area contributed by atoms with Crippen molar-refractivity contribution in [2.45, 2.75) is 44.4 Å². The number of benzene rings is 1. The van der Waals surface area contributed by atoms with Gasteiger partial charge in [0.1, 0.15) is 18.4 Å². The molecule has 1 fully saturated rings. The summed E-state index contributed by atoms with van der Waals surface area (Å²) in [7, 11) is 0. The minimum absolute atomic E-state index is 0.0229. The highest BCUT2D eigenvalue weighted by Crippen LogP contribution is 2.33. The van der Waals surface area contributed by atoms with Crippen molar-refractivity contribution in [1.82, 2.24) is 19.7 Å². The van der Waals surface area contributed by atoms with E-state index < -0.39 is 17.6 Å². The van der Waals surface area contributed by atoms with Crippen LogP contribution in [0.3, 0.4) is 0 Å². The largest absolute Gasteiger partial charge is 0.468 e. The summed E-state index contributed by atoms with van der Waals surface area (Å²) in [5.41, 5.74) is -0.526. The lowest BCUT2D eigenvalue weighted by Gasteiger charge is -2.27. The first-order valence-electron chi connectivity index (χ1n) is 10.0. The summed E-state index contributed by atoms with van der Waals surface area (Å²) in [6, 6.07) is 7.00. The van der Waals surface area contributed by atoms with Crippen molar-refractivity contribution in [3.05, 3.63) is 60.6 Å². The maximum Gasteiger partial charge on any atom is 0.416 e. The van der Waals surface area contributed by atoms with Crippen LogP contribution in [0.25, 0.3) is 5.69 Å². The van der Waals surface area contributed by atoms with Gasteiger partial charge in [-0.25, -0.2) is 9.67 Å². The Labute approximate surface area is 176 Å². The molecule has 1 N–H and O–H groups in total. The molecule has 1 aliphatic rings. The minimum atomic E-state index is -4.53. The number of hydrogen-bond acceptors (Lipinski definition) is 5. The van der Waals surface area contributed by atoms with Crippen LogP contribution in [0.5, 0.6) is 0 Å². The summed E-state index contributed by atoms with van der Waals surface area (Å²) >= 11 is 0. The van der Waals surface area contributed by atoms with E-state index in [2.05, 4.69) is 15.4 Å². The molecule has 0 radical (unpaired) electrons. The Balaban J connectivity index is 1.55. The lowest BCUT2D eigenvalue weighted by atomic mass is 10.1. The van der Waals surface area contributed by atoms with Crippen LogP contribution >= 0.6 is 0 Å². The molecule has 0 aliphatic heterocycles. The molecule has 7 nitrogen and oxygen atoms in total. The Morgan fingerprint density at radius 3 is 2.71 bits per heavy atom. The van der Waals surface area contributed by atoms with Gasteiger partial charge in [0.2, 0.25) is 5.91 Å². The van der Waals surface area contributed by atoms with Gasteiger partial charge in [0, 0.05) is 6.04 Å². The van der Waals surface area contributed by atoms with Crippen LogP contribution in [0.15, 0.2) is 53.7 Å². The van der Waals surface area contributed by atoms with Gasteiger partial charge in [-0.15, -0.1) is 0 Å². The number of hydrogen-bond donors (Lipinski definition) is 1. The number of carbonyl (C=O) groups is 1. The van der Waals surface area contributed by atoms with Crippen molar-refractivity contribution < 1.29 is 22.4 Å². The summed E-state index contributed by atoms with van der Waals surface area (Å²) < 4.78 is 46.5. The summed E-state index contributed by atoms with van der Waals surface area (Å²) in [6.45, 7) is 0.502. The molecule has 1 amide bonds. The molecule has 31 heavy (non-hydrogen) atoms. The predicted molar refractivity (Wildman–Crippen MR) is 106 cm³/mol. The van der Waals surface area contributed by atoms with Crippen molar-refractivity contribution in [3.8, 4) is 5.69 Å². The van der Waals surface area contributed by atoms with Gasteiger partial charge in [-0.3, -0.25) is 9.69 Å². The van der Waals surface area contributed by atoms with Crippen molar-refractivity contribution in [2.75, 3.05) is 11.9 Å². The van der Waals surface area contributed by atoms with Crippen molar-refractivity contribution in [1.29, 1.82) is 0 Å². The standard InChI is InChI=1S/C21H22F3N5O2/c22-21(23,24)15-7-8-19(29-14-25-13-26-29)18(10-15)27-20(30)12-28(16-4-1-2-5-16)11-17-6-3-9-31-17/h3,6-10,13-14,16H,1-2,4-5,11-12H2,(H,27,30). The maximum atomic E-state index is 13.2. The van der Waals surface area contributed by atoms with Crippen molar-refractivity contribution in [3.63, 3.8) is 0 Å². The molecular formula is C21H22F3N5O2. The van der Waals surface area contributed by atoms with Crippen LogP contribution in [-0.4, -0.2) is 38.2 Å². The molecule has 0 spiro atoms. The van der Waals surface area contributed by atoms with E-state index in [1.54, 1.807) is 12.3 Å². The van der Waals surface area contributed by atoms with Crippen LogP contribution in [0.2, 0.25) is 0 Å². The first kappa shape index (κ1) is 21.1. The number of rotatable bonds is 7. The zero-order valence-electron chi connectivity index (χ0n) is 16.7. The molecule has 0 atom stereocenters. The van der Waals surface area contributed by atoms with E-state index >= 15 is 0 Å². The topological polar surface area (TPSA) is 76.2 Å². The zero-order chi connectivity index (χ0) is 21.8. The fourth-order valence-electron chi connectivity index (χ4n) is 3.91. The molecule has 0 unspecified atom stereocenters. The lowest BCUT2D eigenvalue weighted by Crippen LogP contribution is -2.39. The normalized spacial score (nSPS) is 15.0. The number of furan rings is 1. The van der Waals surface area contributed by atoms with Gasteiger partial charge in [-0.05, 0) is 43.2 Å². The molecule has 3 aromatic rings. The Kier molecular flexibility index (Phi) is 6.08. The Morgan fingerprint density at radius 1 is 1.26 bits per heavy atom. The second-order valence-corrected chi connectivity index (χ2v) is 7.54. The number of anilines is 1. The van der Waals surface area contributed by atoms with Gasteiger partial charge in [-0.1, -0.05) is 12.8 Å². The average Bonchev–Trinajstić information content (AvgIpc) is 3.49. The smallest absolute Gasteiger partial charge is 0.416 e. The second-order valence-electron chi connectivity index (χ2n) is 7.54. The molecule has 2 heterocycles. The molecule has 164 valence electrons. The SMILES string of the molecule is O=C(CN(Cc1ccco1)C1CCCC1)Nc1cc(C(F)(F)F)ccc1-n1cncn1. The number of alkyl halides is 3. The number of carbonyl (C=O) groups excluding carboxylic acids is 1. The average molecular weight is 433 g/mol. The molecule has 1 aromatic carbocycles. The molecular weight excluding hydrogens is 411 g/mol. The third-order valence-electron chi connectivity index (χ3n) is 5.39. The number of nitrogens with one attached hydrogen (secondary N) is 1. The second kappa shape index (κ2) is 8.93. The highest BCUT2D eigenvalue weighted by Gasteiger charge is 2.32. The highest BCUT2D eigenvalue weighted by molar-refractivity contribution is 5.94. The summed E-state index contributed by atoms with van der Waals surface area (Å²) in [6.07, 6.45) is 3.80. The number of aromatic nitrogens is 3. The summed E-state index contributed by atoms with van der Waals surface area (Å²) in [5.74, 6) is 0.334. The van der Waals surface area contributed by atoms with Gasteiger partial charge < -0.3 is 9.73 Å². The Bertz CT molecular complexity index is 997. The first-order chi connectivity index (χ1) is 14.9. The predicted octanol–water partition coefficient (Wildman–Crippen LogP) is 4.26. The first-order valence-corrected chi connectivity index (χ1v) is 10.0. The van der Waals surface area contributed by atoms with Crippen LogP contribution in [-0.2, 0) is 17.5 Å². The molecule has 1 saturated carbocycles. The molecule has 1 aliphatic carbocycles. The fourth-order valence-corrected chi connectivity index (χ4v) is 3.91. The number of halogens is 3. The van der Waals surface area contributed by atoms with E-state index in [4.69, 9.17) is 4.42 Å². The third kappa shape index (κ3) is 5.13. The van der Waals surface area contributed by atoms with Crippen LogP contribution in [0, 0.1) is 0 Å². The fraction of sp³-hybridized carbons (Fsp3) is 0.381. The Hall–Kier alpha value is -3.14. The molecule has 10 heteroatoms. The van der Waals surface area contributed by atoms with E-state index in [-0.39, 0.29) is 18.3 Å². The van der Waals surface area contributed by atoms with Crippen molar-refractivity contribution >= 4 is 11.6 Å².